The number of hydrogen-bond donors (Lipinski definition) is 1. The summed E-state index contributed by atoms with van der Waals surface area (Å²) in [6, 6.07) is 21.6. The Kier molecular flexibility index (Phi) is 6.54. The van der Waals surface area contributed by atoms with Gasteiger partial charge in [0.2, 0.25) is 0 Å². The highest BCUT2D eigenvalue weighted by atomic mass is 32.2. The summed E-state index contributed by atoms with van der Waals surface area (Å²) in [4.78, 5) is 12.9. The van der Waals surface area contributed by atoms with Crippen molar-refractivity contribution < 1.29 is 17.9 Å². The summed E-state index contributed by atoms with van der Waals surface area (Å²) in [7, 11) is -2.27. The SMILES string of the molecule is C=CCOc1cccc(NC(=O)c2cccc(N(C)S(=O)(=O)c3ccccc3)c2)c1. The molecule has 154 valence electrons. The second-order valence-corrected chi connectivity index (χ2v) is 8.39. The first-order chi connectivity index (χ1) is 14.4. The minimum Gasteiger partial charge on any atom is -0.489 e. The normalized spacial score (nSPS) is 10.8. The van der Waals surface area contributed by atoms with E-state index in [1.807, 2.05) is 0 Å². The monoisotopic (exact) mass is 422 g/mol. The van der Waals surface area contributed by atoms with Crippen molar-refractivity contribution in [3.8, 4) is 5.75 Å². The van der Waals surface area contributed by atoms with E-state index in [0.717, 1.165) is 4.31 Å². The van der Waals surface area contributed by atoms with Crippen molar-refractivity contribution in [3.05, 3.63) is 97.1 Å². The average molecular weight is 423 g/mol. The van der Waals surface area contributed by atoms with Crippen LogP contribution in [0.15, 0.2) is 96.4 Å². The number of rotatable bonds is 8. The molecule has 0 spiro atoms. The molecule has 0 radical (unpaired) electrons. The number of carbonyl (C=O) groups excluding carboxylic acids is 1. The maximum atomic E-state index is 12.8. The van der Waals surface area contributed by atoms with E-state index in [1.54, 1.807) is 66.7 Å². The van der Waals surface area contributed by atoms with Gasteiger partial charge >= 0.3 is 0 Å². The lowest BCUT2D eigenvalue weighted by Crippen LogP contribution is -2.26. The minimum atomic E-state index is -3.73. The van der Waals surface area contributed by atoms with Crippen LogP contribution < -0.4 is 14.4 Å². The number of nitrogens with zero attached hydrogens (tertiary/aromatic N) is 1. The van der Waals surface area contributed by atoms with E-state index in [0.29, 0.717) is 29.3 Å². The van der Waals surface area contributed by atoms with E-state index in [-0.39, 0.29) is 10.8 Å². The van der Waals surface area contributed by atoms with Crippen LogP contribution in [0, 0.1) is 0 Å². The molecular formula is C23H22N2O4S. The molecular weight excluding hydrogens is 400 g/mol. The van der Waals surface area contributed by atoms with Crippen LogP contribution in [0.5, 0.6) is 5.75 Å². The van der Waals surface area contributed by atoms with Gasteiger partial charge in [-0.3, -0.25) is 9.10 Å². The first kappa shape index (κ1) is 21.1. The van der Waals surface area contributed by atoms with E-state index in [9.17, 15) is 13.2 Å². The fourth-order valence-electron chi connectivity index (χ4n) is 2.75. The van der Waals surface area contributed by atoms with E-state index >= 15 is 0 Å². The molecule has 1 N–H and O–H groups in total. The summed E-state index contributed by atoms with van der Waals surface area (Å²) >= 11 is 0. The van der Waals surface area contributed by atoms with Gasteiger partial charge in [-0.15, -0.1) is 0 Å². The van der Waals surface area contributed by atoms with Gasteiger partial charge in [-0.2, -0.15) is 0 Å². The van der Waals surface area contributed by atoms with Crippen molar-refractivity contribution in [3.63, 3.8) is 0 Å². The van der Waals surface area contributed by atoms with Gasteiger partial charge < -0.3 is 10.1 Å². The lowest BCUT2D eigenvalue weighted by molar-refractivity contribution is 0.102. The molecule has 0 unspecified atom stereocenters. The third kappa shape index (κ3) is 4.87. The number of benzene rings is 3. The van der Waals surface area contributed by atoms with Crippen LogP contribution in [0.25, 0.3) is 0 Å². The zero-order valence-corrected chi connectivity index (χ0v) is 17.3. The Morgan fingerprint density at radius 3 is 2.50 bits per heavy atom. The highest BCUT2D eigenvalue weighted by Crippen LogP contribution is 2.24. The van der Waals surface area contributed by atoms with Crippen molar-refractivity contribution >= 4 is 27.3 Å². The van der Waals surface area contributed by atoms with Gasteiger partial charge in [0.25, 0.3) is 15.9 Å². The molecule has 30 heavy (non-hydrogen) atoms. The van der Waals surface area contributed by atoms with Crippen molar-refractivity contribution in [2.75, 3.05) is 23.3 Å². The second-order valence-electron chi connectivity index (χ2n) is 6.42. The number of ether oxygens (including phenoxy) is 1. The highest BCUT2D eigenvalue weighted by Gasteiger charge is 2.21. The van der Waals surface area contributed by atoms with Crippen LogP contribution >= 0.6 is 0 Å². The predicted octanol–water partition coefficient (Wildman–Crippen LogP) is 4.33. The molecule has 7 heteroatoms. The van der Waals surface area contributed by atoms with Crippen molar-refractivity contribution in [1.82, 2.24) is 0 Å². The Labute approximate surface area is 176 Å². The van der Waals surface area contributed by atoms with Gasteiger partial charge in [-0.25, -0.2) is 8.42 Å². The first-order valence-electron chi connectivity index (χ1n) is 9.21. The summed E-state index contributed by atoms with van der Waals surface area (Å²) in [6.07, 6.45) is 1.64. The van der Waals surface area contributed by atoms with Crippen LogP contribution in [0.2, 0.25) is 0 Å². The van der Waals surface area contributed by atoms with Gasteiger partial charge in [-0.1, -0.05) is 43.0 Å². The largest absolute Gasteiger partial charge is 0.489 e. The highest BCUT2D eigenvalue weighted by molar-refractivity contribution is 7.92. The molecule has 1 amide bonds. The quantitative estimate of drug-likeness (QED) is 0.548. The molecule has 0 bridgehead atoms. The average Bonchev–Trinajstić information content (AvgIpc) is 2.78. The molecule has 3 rings (SSSR count). The number of anilines is 2. The number of nitrogens with one attached hydrogen (secondary N) is 1. The molecule has 0 aromatic heterocycles. The molecule has 0 heterocycles. The zero-order chi connectivity index (χ0) is 21.6. The van der Waals surface area contributed by atoms with Gasteiger partial charge in [0.1, 0.15) is 12.4 Å². The van der Waals surface area contributed by atoms with E-state index in [1.165, 1.54) is 25.2 Å². The third-order valence-electron chi connectivity index (χ3n) is 4.33. The van der Waals surface area contributed by atoms with Crippen LogP contribution in [0.4, 0.5) is 11.4 Å². The van der Waals surface area contributed by atoms with Gasteiger partial charge in [0.15, 0.2) is 0 Å². The Hall–Kier alpha value is -3.58. The number of amides is 1. The molecule has 3 aromatic carbocycles. The van der Waals surface area contributed by atoms with Crippen LogP contribution in [0.3, 0.4) is 0 Å². The molecule has 0 saturated carbocycles. The maximum absolute atomic E-state index is 12.8. The van der Waals surface area contributed by atoms with Gasteiger partial charge in [-0.05, 0) is 42.5 Å². The fourth-order valence-corrected chi connectivity index (χ4v) is 3.96. The predicted molar refractivity (Wildman–Crippen MR) is 119 cm³/mol. The van der Waals surface area contributed by atoms with Crippen molar-refractivity contribution in [2.24, 2.45) is 0 Å². The second kappa shape index (κ2) is 9.28. The van der Waals surface area contributed by atoms with Gasteiger partial charge in [0, 0.05) is 24.4 Å². The summed E-state index contributed by atoms with van der Waals surface area (Å²) in [6.45, 7) is 3.97. The third-order valence-corrected chi connectivity index (χ3v) is 6.13. The first-order valence-corrected chi connectivity index (χ1v) is 10.6. The molecule has 0 saturated heterocycles. The Balaban J connectivity index is 1.80. The Morgan fingerprint density at radius 1 is 1.03 bits per heavy atom. The minimum absolute atomic E-state index is 0.179. The molecule has 6 nitrogen and oxygen atoms in total. The number of hydrogen-bond acceptors (Lipinski definition) is 4. The standard InChI is InChI=1S/C23H22N2O4S/c1-3-15-29-21-12-8-10-19(17-21)24-23(26)18-9-7-11-20(16-18)25(2)30(27,28)22-13-5-4-6-14-22/h3-14,16-17H,1,15H2,2H3,(H,24,26). The van der Waals surface area contributed by atoms with Gasteiger partial charge in [0.05, 0.1) is 10.6 Å². The Morgan fingerprint density at radius 2 is 1.77 bits per heavy atom. The topological polar surface area (TPSA) is 75.7 Å². The fraction of sp³-hybridized carbons (Fsp3) is 0.0870. The number of sulfonamides is 1. The van der Waals surface area contributed by atoms with Crippen LogP contribution in [0.1, 0.15) is 10.4 Å². The summed E-state index contributed by atoms with van der Waals surface area (Å²) in [5, 5.41) is 2.80. The van der Waals surface area contributed by atoms with E-state index < -0.39 is 10.0 Å². The smallest absolute Gasteiger partial charge is 0.264 e. The summed E-state index contributed by atoms with van der Waals surface area (Å²) < 4.78 is 32.3. The lowest BCUT2D eigenvalue weighted by Gasteiger charge is -2.20. The van der Waals surface area contributed by atoms with Crippen LogP contribution in [-0.2, 0) is 10.0 Å². The van der Waals surface area contributed by atoms with E-state index in [2.05, 4.69) is 11.9 Å². The maximum Gasteiger partial charge on any atom is 0.264 e. The molecule has 0 aliphatic carbocycles. The molecule has 0 aliphatic heterocycles. The molecule has 0 aliphatic rings. The van der Waals surface area contributed by atoms with Crippen molar-refractivity contribution in [1.29, 1.82) is 0 Å². The lowest BCUT2D eigenvalue weighted by atomic mass is 10.2. The Bertz CT molecular complexity index is 1140. The molecule has 0 atom stereocenters. The van der Waals surface area contributed by atoms with Crippen LogP contribution in [-0.4, -0.2) is 28.0 Å². The summed E-state index contributed by atoms with van der Waals surface area (Å²) in [5.74, 6) is 0.248. The van der Waals surface area contributed by atoms with E-state index in [4.69, 9.17) is 4.74 Å². The number of carbonyl (C=O) groups is 1. The zero-order valence-electron chi connectivity index (χ0n) is 16.5. The molecule has 3 aromatic rings. The summed E-state index contributed by atoms with van der Waals surface area (Å²) in [5.41, 5.74) is 1.28. The molecule has 0 fully saturated rings. The van der Waals surface area contributed by atoms with Crippen molar-refractivity contribution in [2.45, 2.75) is 4.90 Å².